The fourth-order valence-electron chi connectivity index (χ4n) is 5.89. The van der Waals surface area contributed by atoms with E-state index in [9.17, 15) is 0 Å². The molecule has 0 aromatic heterocycles. The Morgan fingerprint density at radius 3 is 2.52 bits per heavy atom. The molecule has 0 radical (unpaired) electrons. The number of hydrogen-bond donors (Lipinski definition) is 0. The van der Waals surface area contributed by atoms with Gasteiger partial charge in [-0.2, -0.15) is 0 Å². The van der Waals surface area contributed by atoms with E-state index in [0.29, 0.717) is 0 Å². The number of piperidine rings is 1. The molecule has 1 aliphatic carbocycles. The first-order valence-corrected chi connectivity index (χ1v) is 13.2. The van der Waals surface area contributed by atoms with Gasteiger partial charge in [-0.05, 0) is 81.5 Å². The van der Waals surface area contributed by atoms with Crippen LogP contribution >= 0.6 is 0 Å². The summed E-state index contributed by atoms with van der Waals surface area (Å²) in [6, 6.07) is 9.25. The zero-order valence-electron chi connectivity index (χ0n) is 19.9. The Morgan fingerprint density at radius 2 is 1.71 bits per heavy atom. The largest absolute Gasteiger partial charge is 0.381 e. The van der Waals surface area contributed by atoms with Crippen molar-refractivity contribution in [1.82, 2.24) is 4.90 Å². The molecule has 2 fully saturated rings. The predicted molar refractivity (Wildman–Crippen MR) is 133 cm³/mol. The third-order valence-corrected chi connectivity index (χ3v) is 7.78. The predicted octanol–water partition coefficient (Wildman–Crippen LogP) is 6.39. The summed E-state index contributed by atoms with van der Waals surface area (Å²) in [6.07, 6.45) is 15.9. The van der Waals surface area contributed by atoms with E-state index in [1.54, 1.807) is 5.57 Å². The quantitative estimate of drug-likeness (QED) is 0.427. The number of ether oxygens (including phenoxy) is 1. The fraction of sp³-hybridized carbons (Fsp3) is 0.714. The molecule has 0 atom stereocenters. The molecule has 0 unspecified atom stereocenters. The van der Waals surface area contributed by atoms with Gasteiger partial charge < -0.3 is 14.5 Å². The summed E-state index contributed by atoms with van der Waals surface area (Å²) in [5.41, 5.74) is 4.67. The molecule has 172 valence electrons. The molecular formula is C28H44N2O. The van der Waals surface area contributed by atoms with E-state index in [-0.39, 0.29) is 0 Å². The minimum atomic E-state index is 0.787. The Hall–Kier alpha value is -1.32. The Labute approximate surface area is 190 Å². The van der Waals surface area contributed by atoms with Crippen LogP contribution in [-0.2, 0) is 4.74 Å². The van der Waals surface area contributed by atoms with Crippen LogP contribution in [-0.4, -0.2) is 50.8 Å². The van der Waals surface area contributed by atoms with Crippen molar-refractivity contribution in [2.24, 2.45) is 11.8 Å². The highest BCUT2D eigenvalue weighted by atomic mass is 16.5. The molecule has 0 N–H and O–H groups in total. The minimum Gasteiger partial charge on any atom is -0.381 e. The van der Waals surface area contributed by atoms with Gasteiger partial charge >= 0.3 is 0 Å². The zero-order chi connectivity index (χ0) is 21.3. The number of nitrogens with zero attached hydrogens (tertiary/aromatic N) is 2. The van der Waals surface area contributed by atoms with Gasteiger partial charge in [-0.25, -0.2) is 0 Å². The second-order valence-electron chi connectivity index (χ2n) is 9.97. The highest BCUT2D eigenvalue weighted by molar-refractivity contribution is 5.79. The van der Waals surface area contributed by atoms with E-state index >= 15 is 0 Å². The number of benzene rings is 1. The maximum atomic E-state index is 5.71. The van der Waals surface area contributed by atoms with E-state index in [4.69, 9.17) is 4.74 Å². The van der Waals surface area contributed by atoms with Gasteiger partial charge in [0.15, 0.2) is 0 Å². The summed E-state index contributed by atoms with van der Waals surface area (Å²) < 4.78 is 5.71. The lowest BCUT2D eigenvalue weighted by Crippen LogP contribution is -2.40. The number of rotatable bonds is 9. The topological polar surface area (TPSA) is 15.7 Å². The minimum absolute atomic E-state index is 0.787. The Morgan fingerprint density at radius 1 is 0.903 bits per heavy atom. The summed E-state index contributed by atoms with van der Waals surface area (Å²) >= 11 is 0. The van der Waals surface area contributed by atoms with Gasteiger partial charge in [0.2, 0.25) is 0 Å². The van der Waals surface area contributed by atoms with Crippen LogP contribution in [0.1, 0.15) is 76.7 Å². The lowest BCUT2D eigenvalue weighted by Gasteiger charge is -2.34. The van der Waals surface area contributed by atoms with Crippen LogP contribution in [0.4, 0.5) is 5.69 Å². The summed E-state index contributed by atoms with van der Waals surface area (Å²) in [4.78, 5) is 5.37. The van der Waals surface area contributed by atoms with Gasteiger partial charge in [0.1, 0.15) is 0 Å². The first-order chi connectivity index (χ1) is 15.3. The number of allylic oxidation sites excluding steroid dienone is 1. The van der Waals surface area contributed by atoms with Crippen molar-refractivity contribution in [1.29, 1.82) is 0 Å². The van der Waals surface area contributed by atoms with Crippen LogP contribution in [0, 0.1) is 11.8 Å². The first kappa shape index (κ1) is 22.9. The van der Waals surface area contributed by atoms with E-state index in [0.717, 1.165) is 38.0 Å². The normalized spacial score (nSPS) is 21.6. The van der Waals surface area contributed by atoms with Crippen LogP contribution in [0.5, 0.6) is 0 Å². The van der Waals surface area contributed by atoms with Crippen molar-refractivity contribution in [2.75, 3.05) is 50.8 Å². The molecule has 1 saturated heterocycles. The molecule has 3 nitrogen and oxygen atoms in total. The van der Waals surface area contributed by atoms with Crippen molar-refractivity contribution < 1.29 is 4.74 Å². The van der Waals surface area contributed by atoms with E-state index in [2.05, 4.69) is 47.1 Å². The average Bonchev–Trinajstić information content (AvgIpc) is 3.01. The number of anilines is 1. The van der Waals surface area contributed by atoms with Gasteiger partial charge in [-0.15, -0.1) is 0 Å². The molecule has 0 spiro atoms. The highest BCUT2D eigenvalue weighted by Gasteiger charge is 2.25. The highest BCUT2D eigenvalue weighted by Crippen LogP contribution is 2.40. The van der Waals surface area contributed by atoms with E-state index in [1.165, 1.54) is 95.2 Å². The van der Waals surface area contributed by atoms with Crippen molar-refractivity contribution >= 4 is 11.3 Å². The molecule has 4 rings (SSSR count). The molecule has 2 heterocycles. The third-order valence-electron chi connectivity index (χ3n) is 7.78. The van der Waals surface area contributed by atoms with Gasteiger partial charge in [0.25, 0.3) is 0 Å². The van der Waals surface area contributed by atoms with Crippen LogP contribution < -0.4 is 4.90 Å². The average molecular weight is 425 g/mol. The van der Waals surface area contributed by atoms with Gasteiger partial charge in [-0.3, -0.25) is 0 Å². The second kappa shape index (κ2) is 12.1. The van der Waals surface area contributed by atoms with Gasteiger partial charge in [0.05, 0.1) is 0 Å². The monoisotopic (exact) mass is 424 g/mol. The third kappa shape index (κ3) is 6.35. The van der Waals surface area contributed by atoms with E-state index < -0.39 is 0 Å². The van der Waals surface area contributed by atoms with Crippen LogP contribution in [0.15, 0.2) is 30.3 Å². The fourth-order valence-corrected chi connectivity index (χ4v) is 5.89. The molecular weight excluding hydrogens is 380 g/mol. The van der Waals surface area contributed by atoms with Gasteiger partial charge in [-0.1, -0.05) is 50.5 Å². The van der Waals surface area contributed by atoms with Crippen molar-refractivity contribution in [3.8, 4) is 0 Å². The molecule has 1 aromatic rings. The molecule has 1 aromatic carbocycles. The van der Waals surface area contributed by atoms with Crippen LogP contribution in [0.2, 0.25) is 0 Å². The Bertz CT molecular complexity index is 686. The van der Waals surface area contributed by atoms with Crippen molar-refractivity contribution in [3.63, 3.8) is 0 Å². The summed E-state index contributed by atoms with van der Waals surface area (Å²) in [7, 11) is 0. The molecule has 2 aliphatic heterocycles. The van der Waals surface area contributed by atoms with Crippen LogP contribution in [0.25, 0.3) is 5.57 Å². The maximum Gasteiger partial charge on any atom is 0.0468 e. The smallest absolute Gasteiger partial charge is 0.0468 e. The molecule has 3 heteroatoms. The Balaban J connectivity index is 1.29. The lowest BCUT2D eigenvalue weighted by molar-refractivity contribution is 0.102. The van der Waals surface area contributed by atoms with Gasteiger partial charge in [0, 0.05) is 44.1 Å². The zero-order valence-corrected chi connectivity index (χ0v) is 19.9. The van der Waals surface area contributed by atoms with Crippen molar-refractivity contribution in [2.45, 2.75) is 71.1 Å². The number of hydrogen-bond acceptors (Lipinski definition) is 3. The van der Waals surface area contributed by atoms with E-state index in [1.807, 2.05) is 0 Å². The number of para-hydroxylation sites is 1. The molecule has 31 heavy (non-hydrogen) atoms. The number of likely N-dealkylation sites (tertiary alicyclic amines) is 1. The molecule has 3 aliphatic rings. The summed E-state index contributed by atoms with van der Waals surface area (Å²) in [5, 5.41) is 0. The van der Waals surface area contributed by atoms with Crippen molar-refractivity contribution in [3.05, 3.63) is 35.9 Å². The second-order valence-corrected chi connectivity index (χ2v) is 9.97. The SMILES string of the molecule is CCCOCCC1CCN(CCN2CCC=C(C3CCCCC3)c3ccccc32)CC1. The number of fused-ring (bicyclic) bond motifs is 1. The molecule has 0 amide bonds. The summed E-state index contributed by atoms with van der Waals surface area (Å²) in [5.74, 6) is 1.66. The lowest BCUT2D eigenvalue weighted by atomic mass is 9.80. The Kier molecular flexibility index (Phi) is 8.90. The first-order valence-electron chi connectivity index (χ1n) is 13.2. The molecule has 0 bridgehead atoms. The van der Waals surface area contributed by atoms with Crippen LogP contribution in [0.3, 0.4) is 0 Å². The molecule has 1 saturated carbocycles. The maximum absolute atomic E-state index is 5.71. The summed E-state index contributed by atoms with van der Waals surface area (Å²) in [6.45, 7) is 10.1. The standard InChI is InChI=1S/C28H44N2O/c1-2-22-31-23-16-24-14-18-29(19-15-24)20-21-30-17-8-12-26(25-9-4-3-5-10-25)27-11-6-7-13-28(27)30/h6-7,11-13,24-25H,2-5,8-10,14-23H2,1H3.